The predicted molar refractivity (Wildman–Crippen MR) is 129 cm³/mol. The van der Waals surface area contributed by atoms with Gasteiger partial charge in [-0.15, -0.1) is 0 Å². The summed E-state index contributed by atoms with van der Waals surface area (Å²) in [5.41, 5.74) is 1.05. The SMILES string of the molecule is Cc1cccc(N2C(=O)[C@@H]3[C@@H](c4ccc(Cl)cc4)OC4(C(=O)c5ccccc5C4=O)[C@H]3C2=O)c1C. The van der Waals surface area contributed by atoms with Crippen molar-refractivity contribution < 1.29 is 23.9 Å². The van der Waals surface area contributed by atoms with Crippen molar-refractivity contribution in [3.05, 3.63) is 99.6 Å². The number of hydrogen-bond acceptors (Lipinski definition) is 5. The summed E-state index contributed by atoms with van der Waals surface area (Å²) >= 11 is 6.07. The molecule has 0 N–H and O–H groups in total. The van der Waals surface area contributed by atoms with Crippen LogP contribution in [0, 0.1) is 25.7 Å². The number of carbonyl (C=O) groups excluding carboxylic acids is 4. The molecule has 0 saturated carbocycles. The molecule has 0 aromatic heterocycles. The van der Waals surface area contributed by atoms with E-state index in [2.05, 4.69) is 0 Å². The molecule has 2 amide bonds. The number of Topliss-reactive ketones (excluding diaryl/α,β-unsaturated/α-hetero) is 2. The van der Waals surface area contributed by atoms with Crippen LogP contribution in [0.3, 0.4) is 0 Å². The summed E-state index contributed by atoms with van der Waals surface area (Å²) in [5, 5.41) is 0.490. The molecule has 3 aromatic carbocycles. The van der Waals surface area contributed by atoms with Gasteiger partial charge in [0.25, 0.3) is 0 Å². The third-order valence-electron chi connectivity index (χ3n) is 7.53. The fraction of sp³-hybridized carbons (Fsp3) is 0.214. The number of imide groups is 1. The monoisotopic (exact) mass is 485 g/mol. The normalized spacial score (nSPS) is 24.4. The Labute approximate surface area is 206 Å². The summed E-state index contributed by atoms with van der Waals surface area (Å²) in [6.45, 7) is 3.73. The van der Waals surface area contributed by atoms with Crippen LogP contribution in [0.1, 0.15) is 43.5 Å². The van der Waals surface area contributed by atoms with Crippen molar-refractivity contribution >= 4 is 40.7 Å². The number of ketones is 2. The van der Waals surface area contributed by atoms with Crippen molar-refractivity contribution in [3.8, 4) is 0 Å². The van der Waals surface area contributed by atoms with Crippen LogP contribution >= 0.6 is 11.6 Å². The van der Waals surface area contributed by atoms with Crippen LogP contribution in [0.25, 0.3) is 0 Å². The number of hydrogen-bond donors (Lipinski definition) is 0. The molecule has 1 aliphatic carbocycles. The second kappa shape index (κ2) is 7.44. The van der Waals surface area contributed by atoms with E-state index in [9.17, 15) is 19.2 Å². The molecule has 6 rings (SSSR count). The minimum atomic E-state index is -2.09. The van der Waals surface area contributed by atoms with E-state index in [1.807, 2.05) is 19.9 Å². The largest absolute Gasteiger partial charge is 0.349 e. The van der Waals surface area contributed by atoms with E-state index in [4.69, 9.17) is 16.3 Å². The van der Waals surface area contributed by atoms with E-state index in [1.165, 1.54) is 0 Å². The molecule has 3 atom stereocenters. The zero-order valence-electron chi connectivity index (χ0n) is 18.9. The molecular formula is C28H20ClNO5. The minimum absolute atomic E-state index is 0.207. The Morgan fingerprint density at radius 3 is 2.06 bits per heavy atom. The van der Waals surface area contributed by atoms with Gasteiger partial charge in [-0.25, -0.2) is 4.90 Å². The molecule has 0 radical (unpaired) electrons. The lowest BCUT2D eigenvalue weighted by Gasteiger charge is -2.28. The van der Waals surface area contributed by atoms with Crippen LogP contribution in [-0.2, 0) is 14.3 Å². The number of carbonyl (C=O) groups is 4. The van der Waals surface area contributed by atoms with Gasteiger partial charge in [0.05, 0.1) is 23.6 Å². The molecule has 1 spiro atoms. The molecule has 3 aliphatic rings. The van der Waals surface area contributed by atoms with Gasteiger partial charge in [-0.3, -0.25) is 19.2 Å². The summed E-state index contributed by atoms with van der Waals surface area (Å²) in [6, 6.07) is 18.5. The summed E-state index contributed by atoms with van der Waals surface area (Å²) in [7, 11) is 0. The summed E-state index contributed by atoms with van der Waals surface area (Å²) in [6.07, 6.45) is -0.967. The zero-order valence-corrected chi connectivity index (χ0v) is 19.7. The molecule has 0 bridgehead atoms. The molecule has 2 saturated heterocycles. The Morgan fingerprint density at radius 2 is 1.43 bits per heavy atom. The Hall–Kier alpha value is -3.61. The van der Waals surface area contributed by atoms with Gasteiger partial charge >= 0.3 is 0 Å². The van der Waals surface area contributed by atoms with Crippen LogP contribution in [-0.4, -0.2) is 29.0 Å². The average molecular weight is 486 g/mol. The van der Waals surface area contributed by atoms with Crippen LogP contribution in [0.4, 0.5) is 5.69 Å². The summed E-state index contributed by atoms with van der Waals surface area (Å²) in [4.78, 5) is 56.6. The first kappa shape index (κ1) is 21.9. The number of aryl methyl sites for hydroxylation is 1. The van der Waals surface area contributed by atoms with E-state index >= 15 is 0 Å². The van der Waals surface area contributed by atoms with E-state index in [-0.39, 0.29) is 11.1 Å². The van der Waals surface area contributed by atoms with Gasteiger partial charge in [0.15, 0.2) is 0 Å². The smallest absolute Gasteiger partial charge is 0.241 e. The Bertz CT molecular complexity index is 1430. The van der Waals surface area contributed by atoms with Gasteiger partial charge < -0.3 is 4.74 Å². The van der Waals surface area contributed by atoms with Crippen molar-refractivity contribution in [2.75, 3.05) is 4.90 Å². The number of amides is 2. The minimum Gasteiger partial charge on any atom is -0.349 e. The lowest BCUT2D eigenvalue weighted by atomic mass is 9.77. The third-order valence-corrected chi connectivity index (χ3v) is 7.79. The molecule has 174 valence electrons. The maximum absolute atomic E-state index is 14.0. The topological polar surface area (TPSA) is 80.8 Å². The number of nitrogens with zero attached hydrogens (tertiary/aromatic N) is 1. The Morgan fingerprint density at radius 1 is 0.800 bits per heavy atom. The number of rotatable bonds is 2. The molecule has 7 heteroatoms. The van der Waals surface area contributed by atoms with Gasteiger partial charge in [0, 0.05) is 16.1 Å². The second-order valence-corrected chi connectivity index (χ2v) is 9.70. The molecule has 2 heterocycles. The Kier molecular flexibility index (Phi) is 4.66. The number of anilines is 1. The molecule has 35 heavy (non-hydrogen) atoms. The maximum atomic E-state index is 14.0. The van der Waals surface area contributed by atoms with Crippen molar-refractivity contribution in [3.63, 3.8) is 0 Å². The predicted octanol–water partition coefficient (Wildman–Crippen LogP) is 4.65. The van der Waals surface area contributed by atoms with Gasteiger partial charge in [0.1, 0.15) is 0 Å². The average Bonchev–Trinajstić information content (AvgIpc) is 3.42. The van der Waals surface area contributed by atoms with Crippen molar-refractivity contribution in [2.45, 2.75) is 25.6 Å². The van der Waals surface area contributed by atoms with Crippen LogP contribution in [0.5, 0.6) is 0 Å². The number of ether oxygens (including phenoxy) is 1. The molecule has 3 aromatic rings. The molecule has 2 fully saturated rings. The van der Waals surface area contributed by atoms with Crippen molar-refractivity contribution in [1.82, 2.24) is 0 Å². The molecule has 6 nitrogen and oxygen atoms in total. The highest BCUT2D eigenvalue weighted by Gasteiger charge is 2.74. The highest BCUT2D eigenvalue weighted by Crippen LogP contribution is 2.58. The van der Waals surface area contributed by atoms with Crippen LogP contribution < -0.4 is 4.90 Å². The third kappa shape index (κ3) is 2.75. The number of halogens is 1. The van der Waals surface area contributed by atoms with E-state index in [1.54, 1.807) is 60.7 Å². The lowest BCUT2D eigenvalue weighted by molar-refractivity contribution is -0.127. The van der Waals surface area contributed by atoms with E-state index in [0.29, 0.717) is 16.3 Å². The van der Waals surface area contributed by atoms with E-state index in [0.717, 1.165) is 16.0 Å². The van der Waals surface area contributed by atoms with Gasteiger partial charge in [-0.1, -0.05) is 60.1 Å². The number of fused-ring (bicyclic) bond motifs is 3. The highest BCUT2D eigenvalue weighted by molar-refractivity contribution is 6.37. The van der Waals surface area contributed by atoms with E-state index < -0.39 is 46.9 Å². The zero-order chi connectivity index (χ0) is 24.6. The fourth-order valence-corrected chi connectivity index (χ4v) is 5.81. The standard InChI is InChI=1S/C28H20ClNO5/c1-14-6-5-9-20(15(14)2)30-26(33)21-22(27(30)34)28(35-23(21)16-10-12-17(29)13-11-16)24(31)18-7-3-4-8-19(18)25(28)32/h3-13,21-23H,1-2H3/t21-,22+,23+/m0/s1. The van der Waals surface area contributed by atoms with Crippen molar-refractivity contribution in [1.29, 1.82) is 0 Å². The first-order chi connectivity index (χ1) is 16.8. The van der Waals surface area contributed by atoms with Gasteiger partial charge in [-0.2, -0.15) is 0 Å². The highest BCUT2D eigenvalue weighted by atomic mass is 35.5. The van der Waals surface area contributed by atoms with Gasteiger partial charge in [-0.05, 0) is 48.7 Å². The summed E-state index contributed by atoms with van der Waals surface area (Å²) in [5.74, 6) is -4.54. The Balaban J connectivity index is 1.56. The molecular weight excluding hydrogens is 466 g/mol. The fourth-order valence-electron chi connectivity index (χ4n) is 5.69. The van der Waals surface area contributed by atoms with Crippen LogP contribution in [0.15, 0.2) is 66.7 Å². The van der Waals surface area contributed by atoms with Crippen molar-refractivity contribution in [2.24, 2.45) is 11.8 Å². The molecule has 0 unspecified atom stereocenters. The quantitative estimate of drug-likeness (QED) is 0.390. The van der Waals surface area contributed by atoms with Gasteiger partial charge in [0.2, 0.25) is 29.0 Å². The number of benzene rings is 3. The molecule has 2 aliphatic heterocycles. The first-order valence-electron chi connectivity index (χ1n) is 11.3. The lowest BCUT2D eigenvalue weighted by Crippen LogP contribution is -2.51. The maximum Gasteiger partial charge on any atom is 0.241 e. The summed E-state index contributed by atoms with van der Waals surface area (Å²) < 4.78 is 6.28. The second-order valence-electron chi connectivity index (χ2n) is 9.26. The van der Waals surface area contributed by atoms with Crippen LogP contribution in [0.2, 0.25) is 5.02 Å². The first-order valence-corrected chi connectivity index (χ1v) is 11.7.